The van der Waals surface area contributed by atoms with Crippen molar-refractivity contribution in [2.75, 3.05) is 44.7 Å². The molecular formula is C19H21N5O2S2. The van der Waals surface area contributed by atoms with Gasteiger partial charge in [-0.25, -0.2) is 9.98 Å². The SMILES string of the molecule is O=C1NC(=Nc2ccccc2)S/C1=C\c1cnc(NCCN2CCOCC2)s1. The molecule has 1 amide bonds. The number of hydrogen-bond acceptors (Lipinski definition) is 8. The van der Waals surface area contributed by atoms with E-state index in [0.717, 1.165) is 55.1 Å². The Hall–Kier alpha value is -2.20. The average molecular weight is 416 g/mol. The lowest BCUT2D eigenvalue weighted by Crippen LogP contribution is -2.38. The fourth-order valence-electron chi connectivity index (χ4n) is 2.81. The van der Waals surface area contributed by atoms with E-state index >= 15 is 0 Å². The van der Waals surface area contributed by atoms with Crippen LogP contribution in [0.5, 0.6) is 0 Å². The van der Waals surface area contributed by atoms with Crippen LogP contribution in [0.4, 0.5) is 10.8 Å². The molecule has 2 N–H and O–H groups in total. The number of para-hydroxylation sites is 1. The van der Waals surface area contributed by atoms with Gasteiger partial charge in [-0.15, -0.1) is 0 Å². The quantitative estimate of drug-likeness (QED) is 0.707. The van der Waals surface area contributed by atoms with Crippen molar-refractivity contribution in [3.63, 3.8) is 0 Å². The summed E-state index contributed by atoms with van der Waals surface area (Å²) in [5, 5.41) is 7.62. The van der Waals surface area contributed by atoms with Crippen molar-refractivity contribution in [3.05, 3.63) is 46.3 Å². The molecule has 1 aromatic heterocycles. The Morgan fingerprint density at radius 1 is 1.29 bits per heavy atom. The van der Waals surface area contributed by atoms with E-state index in [4.69, 9.17) is 4.74 Å². The number of carbonyl (C=O) groups excluding carboxylic acids is 1. The van der Waals surface area contributed by atoms with E-state index in [9.17, 15) is 4.79 Å². The third-order valence-electron chi connectivity index (χ3n) is 4.24. The van der Waals surface area contributed by atoms with Crippen LogP contribution in [0.3, 0.4) is 0 Å². The van der Waals surface area contributed by atoms with E-state index in [2.05, 4.69) is 25.5 Å². The van der Waals surface area contributed by atoms with Gasteiger partial charge in [0.25, 0.3) is 5.91 Å². The van der Waals surface area contributed by atoms with Crippen LogP contribution < -0.4 is 10.6 Å². The Bertz CT molecular complexity index is 875. The van der Waals surface area contributed by atoms with Gasteiger partial charge in [0, 0.05) is 32.4 Å². The lowest BCUT2D eigenvalue weighted by Gasteiger charge is -2.26. The molecule has 28 heavy (non-hydrogen) atoms. The van der Waals surface area contributed by atoms with Gasteiger partial charge in [-0.1, -0.05) is 29.5 Å². The number of carbonyl (C=O) groups is 1. The maximum absolute atomic E-state index is 12.2. The number of nitrogens with zero attached hydrogens (tertiary/aromatic N) is 3. The van der Waals surface area contributed by atoms with Crippen molar-refractivity contribution in [1.29, 1.82) is 0 Å². The summed E-state index contributed by atoms with van der Waals surface area (Å²) in [7, 11) is 0. The highest BCUT2D eigenvalue weighted by atomic mass is 32.2. The number of ether oxygens (including phenoxy) is 1. The molecule has 3 heterocycles. The summed E-state index contributed by atoms with van der Waals surface area (Å²) in [6, 6.07) is 9.58. The molecule has 2 aromatic rings. The van der Waals surface area contributed by atoms with Crippen molar-refractivity contribution in [2.45, 2.75) is 0 Å². The van der Waals surface area contributed by atoms with Crippen LogP contribution in [0.1, 0.15) is 4.88 Å². The molecule has 1 aromatic carbocycles. The van der Waals surface area contributed by atoms with E-state index in [1.165, 1.54) is 23.1 Å². The first kappa shape index (κ1) is 19.1. The second-order valence-electron chi connectivity index (χ2n) is 6.27. The maximum Gasteiger partial charge on any atom is 0.264 e. The summed E-state index contributed by atoms with van der Waals surface area (Å²) in [6.07, 6.45) is 3.65. The minimum atomic E-state index is -0.130. The summed E-state index contributed by atoms with van der Waals surface area (Å²) in [5.41, 5.74) is 0.816. The highest BCUT2D eigenvalue weighted by molar-refractivity contribution is 8.18. The molecule has 0 bridgehead atoms. The normalized spacial score (nSPS) is 20.6. The van der Waals surface area contributed by atoms with Gasteiger partial charge in [0.15, 0.2) is 10.3 Å². The minimum absolute atomic E-state index is 0.130. The number of anilines is 1. The molecule has 2 aliphatic rings. The summed E-state index contributed by atoms with van der Waals surface area (Å²) in [6.45, 7) is 5.39. The third-order valence-corrected chi connectivity index (χ3v) is 6.05. The average Bonchev–Trinajstić information content (AvgIpc) is 3.30. The number of nitrogens with one attached hydrogen (secondary N) is 2. The van der Waals surface area contributed by atoms with Crippen molar-refractivity contribution in [2.24, 2.45) is 4.99 Å². The third kappa shape index (κ3) is 5.20. The van der Waals surface area contributed by atoms with Crippen LogP contribution in [0.15, 0.2) is 46.4 Å². The predicted molar refractivity (Wildman–Crippen MR) is 115 cm³/mol. The van der Waals surface area contributed by atoms with Gasteiger partial charge < -0.3 is 15.4 Å². The van der Waals surface area contributed by atoms with Crippen molar-refractivity contribution < 1.29 is 9.53 Å². The first-order valence-corrected chi connectivity index (χ1v) is 10.7. The molecule has 0 aliphatic carbocycles. The molecule has 0 radical (unpaired) electrons. The summed E-state index contributed by atoms with van der Waals surface area (Å²) in [4.78, 5) is 25.0. The van der Waals surface area contributed by atoms with E-state index in [1.54, 1.807) is 6.20 Å². The van der Waals surface area contributed by atoms with Gasteiger partial charge in [0.1, 0.15) is 0 Å². The largest absolute Gasteiger partial charge is 0.379 e. The minimum Gasteiger partial charge on any atom is -0.379 e. The second-order valence-corrected chi connectivity index (χ2v) is 8.36. The van der Waals surface area contributed by atoms with E-state index in [1.807, 2.05) is 36.4 Å². The Kier molecular flexibility index (Phi) is 6.38. The predicted octanol–water partition coefficient (Wildman–Crippen LogP) is 2.78. The number of aliphatic imine (C=N–C) groups is 1. The number of hydrogen-bond donors (Lipinski definition) is 2. The van der Waals surface area contributed by atoms with Gasteiger partial charge in [0.2, 0.25) is 0 Å². The lowest BCUT2D eigenvalue weighted by atomic mass is 10.3. The smallest absolute Gasteiger partial charge is 0.264 e. The topological polar surface area (TPSA) is 78.8 Å². The fraction of sp³-hybridized carbons (Fsp3) is 0.316. The molecule has 2 saturated heterocycles. The maximum atomic E-state index is 12.2. The van der Waals surface area contributed by atoms with Crippen LogP contribution >= 0.6 is 23.1 Å². The number of thioether (sulfide) groups is 1. The number of aromatic nitrogens is 1. The molecule has 0 spiro atoms. The Balaban J connectivity index is 1.33. The molecule has 4 rings (SSSR count). The monoisotopic (exact) mass is 415 g/mol. The molecule has 9 heteroatoms. The summed E-state index contributed by atoms with van der Waals surface area (Å²) >= 11 is 2.88. The van der Waals surface area contributed by atoms with Crippen molar-refractivity contribution in [3.8, 4) is 0 Å². The van der Waals surface area contributed by atoms with E-state index < -0.39 is 0 Å². The number of amidine groups is 1. The van der Waals surface area contributed by atoms with Gasteiger partial charge in [-0.2, -0.15) is 0 Å². The Morgan fingerprint density at radius 3 is 2.93 bits per heavy atom. The number of thiazole rings is 1. The summed E-state index contributed by atoms with van der Waals surface area (Å²) < 4.78 is 5.36. The molecule has 2 aliphatic heterocycles. The van der Waals surface area contributed by atoms with Crippen molar-refractivity contribution in [1.82, 2.24) is 15.2 Å². The zero-order valence-electron chi connectivity index (χ0n) is 15.3. The van der Waals surface area contributed by atoms with Gasteiger partial charge in [-0.05, 0) is 30.0 Å². The molecule has 0 unspecified atom stereocenters. The molecule has 2 fully saturated rings. The lowest BCUT2D eigenvalue weighted by molar-refractivity contribution is -0.115. The van der Waals surface area contributed by atoms with Gasteiger partial charge in [0.05, 0.1) is 28.7 Å². The van der Waals surface area contributed by atoms with Crippen molar-refractivity contribution >= 4 is 51.1 Å². The second kappa shape index (κ2) is 9.33. The van der Waals surface area contributed by atoms with Crippen LogP contribution in [0, 0.1) is 0 Å². The van der Waals surface area contributed by atoms with Crippen LogP contribution in [0.25, 0.3) is 6.08 Å². The standard InChI is InChI=1S/C19H21N5O2S2/c25-17-16(28-19(23-17)22-14-4-2-1-3-5-14)12-15-13-21-18(27-15)20-6-7-24-8-10-26-11-9-24/h1-5,12-13H,6-11H2,(H,20,21)(H,22,23,25)/b16-12-. The highest BCUT2D eigenvalue weighted by Crippen LogP contribution is 2.30. The number of amides is 1. The highest BCUT2D eigenvalue weighted by Gasteiger charge is 2.24. The Morgan fingerprint density at radius 2 is 2.11 bits per heavy atom. The zero-order chi connectivity index (χ0) is 19.2. The van der Waals surface area contributed by atoms with E-state index in [0.29, 0.717) is 10.1 Å². The first-order valence-electron chi connectivity index (χ1n) is 9.11. The van der Waals surface area contributed by atoms with Crippen LogP contribution in [-0.4, -0.2) is 60.4 Å². The van der Waals surface area contributed by atoms with Crippen LogP contribution in [-0.2, 0) is 9.53 Å². The Labute approximate surface area is 171 Å². The van der Waals surface area contributed by atoms with Gasteiger partial charge in [-0.3, -0.25) is 9.69 Å². The molecular weight excluding hydrogens is 394 g/mol. The van der Waals surface area contributed by atoms with Crippen LogP contribution in [0.2, 0.25) is 0 Å². The first-order chi connectivity index (χ1) is 13.8. The molecule has 7 nitrogen and oxygen atoms in total. The molecule has 0 atom stereocenters. The summed E-state index contributed by atoms with van der Waals surface area (Å²) in [5.74, 6) is -0.130. The molecule has 146 valence electrons. The number of benzene rings is 1. The number of morpholine rings is 1. The number of rotatable bonds is 6. The van der Waals surface area contributed by atoms with Gasteiger partial charge >= 0.3 is 0 Å². The molecule has 0 saturated carbocycles. The van der Waals surface area contributed by atoms with E-state index in [-0.39, 0.29) is 5.91 Å². The zero-order valence-corrected chi connectivity index (χ0v) is 16.9. The fourth-order valence-corrected chi connectivity index (χ4v) is 4.50.